The summed E-state index contributed by atoms with van der Waals surface area (Å²) < 4.78 is 8.68. The molecule has 0 saturated carbocycles. The van der Waals surface area contributed by atoms with Crippen molar-refractivity contribution in [1.29, 1.82) is 0 Å². The molecule has 0 saturated heterocycles. The van der Waals surface area contributed by atoms with E-state index in [1.165, 1.54) is 0 Å². The van der Waals surface area contributed by atoms with Crippen LogP contribution in [-0.4, -0.2) is 29.1 Å². The van der Waals surface area contributed by atoms with Crippen molar-refractivity contribution in [2.75, 3.05) is 0 Å². The van der Waals surface area contributed by atoms with E-state index in [0.29, 0.717) is 0 Å². The van der Waals surface area contributed by atoms with Gasteiger partial charge in [0.05, 0.1) is 0 Å². The fourth-order valence-electron chi connectivity index (χ4n) is 0.248. The number of hydrogen-bond acceptors (Lipinski definition) is 2. The van der Waals surface area contributed by atoms with Crippen LogP contribution in [0.3, 0.4) is 0 Å². The van der Waals surface area contributed by atoms with Gasteiger partial charge in [0, 0.05) is 0 Å². The molecule has 0 bridgehead atoms. The van der Waals surface area contributed by atoms with Crippen molar-refractivity contribution in [1.82, 2.24) is 0 Å². The van der Waals surface area contributed by atoms with Crippen LogP contribution in [0.4, 0.5) is 0 Å². The standard InChI is InChI=1S/C3H2O2.2CH3.Tl/c1-2-3(4)5;;;/h1H,(H,4,5);2*1H3;/q;;;+1/p-1. The Hall–Kier alpha value is -0.0479. The summed E-state index contributed by atoms with van der Waals surface area (Å²) in [6, 6.07) is 0. The molecule has 8 heavy (non-hydrogen) atoms. The Balaban J connectivity index is 3.44. The van der Waals surface area contributed by atoms with Crippen LogP contribution in [0.5, 0.6) is 0 Å². The van der Waals surface area contributed by atoms with Crippen LogP contribution in [0.25, 0.3) is 0 Å². The topological polar surface area (TPSA) is 26.3 Å². The van der Waals surface area contributed by atoms with E-state index in [0.717, 1.165) is 0 Å². The first-order chi connectivity index (χ1) is 3.66. The van der Waals surface area contributed by atoms with Gasteiger partial charge in [0.15, 0.2) is 0 Å². The Morgan fingerprint density at radius 2 is 2.25 bits per heavy atom. The molecule has 0 rings (SSSR count). The molecule has 3 heteroatoms. The number of terminal acetylenes is 1. The molecule has 42 valence electrons. The van der Waals surface area contributed by atoms with Crippen molar-refractivity contribution >= 4 is 29.1 Å². The minimum absolute atomic E-state index is 0.498. The second-order valence-corrected chi connectivity index (χ2v) is 10.7. The predicted octanol–water partition coefficient (Wildman–Crippen LogP) is 0.414. The van der Waals surface area contributed by atoms with Crippen molar-refractivity contribution in [2.24, 2.45) is 0 Å². The molecule has 0 N–H and O–H groups in total. The summed E-state index contributed by atoms with van der Waals surface area (Å²) in [6.07, 6.45) is 4.73. The normalized spacial score (nSPS) is 7.12. The molecule has 0 fully saturated rings. The molecule has 2 nitrogen and oxygen atoms in total. The number of hydrogen-bond donors (Lipinski definition) is 0. The molecule has 0 aliphatic heterocycles. The van der Waals surface area contributed by atoms with Gasteiger partial charge in [-0.3, -0.25) is 0 Å². The van der Waals surface area contributed by atoms with E-state index in [4.69, 9.17) is 9.11 Å². The van der Waals surface area contributed by atoms with E-state index in [1.807, 2.05) is 14.9 Å². The van der Waals surface area contributed by atoms with E-state index in [2.05, 4.69) is 0 Å². The van der Waals surface area contributed by atoms with Gasteiger partial charge in [0.2, 0.25) is 0 Å². The molecule has 0 aliphatic carbocycles. The number of carbonyl (C=O) groups is 1. The van der Waals surface area contributed by atoms with E-state index in [9.17, 15) is 4.79 Å². The third-order valence-corrected chi connectivity index (χ3v) is 3.13. The molecule has 0 unspecified atom stereocenters. The summed E-state index contributed by atoms with van der Waals surface area (Å²) in [6.45, 7) is 0. The van der Waals surface area contributed by atoms with Gasteiger partial charge < -0.3 is 0 Å². The van der Waals surface area contributed by atoms with Gasteiger partial charge in [-0.25, -0.2) is 0 Å². The van der Waals surface area contributed by atoms with Gasteiger partial charge in [-0.1, -0.05) is 0 Å². The van der Waals surface area contributed by atoms with Crippen molar-refractivity contribution in [3.63, 3.8) is 0 Å². The Kier molecular flexibility index (Phi) is 3.87. The molecular formula is C5H7O2Tl. The van der Waals surface area contributed by atoms with E-state index in [1.54, 1.807) is 0 Å². The van der Waals surface area contributed by atoms with Crippen LogP contribution in [0, 0.1) is 12.3 Å². The third kappa shape index (κ3) is 4.12. The van der Waals surface area contributed by atoms with Crippen LogP contribution < -0.4 is 0 Å². The monoisotopic (exact) mass is 304 g/mol. The maximum absolute atomic E-state index is 10.2. The fourth-order valence-corrected chi connectivity index (χ4v) is 2.18. The molecule has 0 heterocycles. The molecule has 0 aliphatic rings. The van der Waals surface area contributed by atoms with Crippen molar-refractivity contribution < 1.29 is 7.48 Å². The van der Waals surface area contributed by atoms with Gasteiger partial charge in [-0.05, 0) is 0 Å². The molecule has 0 radical (unpaired) electrons. The SMILES string of the molecule is C#CC(=O)[O][Tl]([CH3])[CH3]. The molecular weight excluding hydrogens is 296 g/mol. The zero-order chi connectivity index (χ0) is 6.57. The zero-order valence-corrected chi connectivity index (χ0v) is 9.46. The summed E-state index contributed by atoms with van der Waals surface area (Å²) in [7, 11) is 0. The second-order valence-electron chi connectivity index (χ2n) is 1.60. The summed E-state index contributed by atoms with van der Waals surface area (Å²) >= 11 is -1.91. The van der Waals surface area contributed by atoms with Gasteiger partial charge in [-0.15, -0.1) is 0 Å². The Labute approximate surface area is 58.0 Å². The number of carbonyl (C=O) groups excluding carboxylic acids is 1. The van der Waals surface area contributed by atoms with E-state index >= 15 is 0 Å². The van der Waals surface area contributed by atoms with Crippen LogP contribution in [0.15, 0.2) is 0 Å². The zero-order valence-electron chi connectivity index (χ0n) is 4.97. The van der Waals surface area contributed by atoms with Gasteiger partial charge in [0.25, 0.3) is 0 Å². The fraction of sp³-hybridized carbons (Fsp3) is 0.400. The molecule has 0 spiro atoms. The van der Waals surface area contributed by atoms with E-state index in [-0.39, 0.29) is 0 Å². The van der Waals surface area contributed by atoms with E-state index < -0.39 is 29.1 Å². The first-order valence-corrected chi connectivity index (χ1v) is 13.1. The second kappa shape index (κ2) is 3.89. The quantitative estimate of drug-likeness (QED) is 0.518. The molecule has 0 aromatic rings. The van der Waals surface area contributed by atoms with Crippen LogP contribution >= 0.6 is 0 Å². The van der Waals surface area contributed by atoms with Crippen molar-refractivity contribution in [3.8, 4) is 12.3 Å². The van der Waals surface area contributed by atoms with Gasteiger partial charge in [0.1, 0.15) is 0 Å². The Bertz CT molecular complexity index is 123. The Morgan fingerprint density at radius 3 is 2.38 bits per heavy atom. The average molecular weight is 303 g/mol. The third-order valence-electron chi connectivity index (χ3n) is 0.461. The van der Waals surface area contributed by atoms with Gasteiger partial charge >= 0.3 is 57.9 Å². The average Bonchev–Trinajstić information content (AvgIpc) is 1.65. The van der Waals surface area contributed by atoms with Crippen LogP contribution in [0.1, 0.15) is 0 Å². The first kappa shape index (κ1) is 7.95. The predicted molar refractivity (Wildman–Crippen MR) is 32.4 cm³/mol. The molecule has 0 atom stereocenters. The summed E-state index contributed by atoms with van der Waals surface area (Å²) in [4.78, 5) is 10.2. The number of rotatable bonds is 1. The minimum atomic E-state index is -1.91. The first-order valence-electron chi connectivity index (χ1n) is 2.34. The van der Waals surface area contributed by atoms with Crippen molar-refractivity contribution in [2.45, 2.75) is 8.97 Å². The molecule has 0 amide bonds. The molecule has 0 aromatic heterocycles. The maximum atomic E-state index is 10.2. The van der Waals surface area contributed by atoms with Crippen LogP contribution in [0.2, 0.25) is 8.97 Å². The Morgan fingerprint density at radius 1 is 1.75 bits per heavy atom. The summed E-state index contributed by atoms with van der Waals surface area (Å²) in [5.74, 6) is 1.39. The molecule has 0 aromatic carbocycles. The van der Waals surface area contributed by atoms with Crippen LogP contribution in [-0.2, 0) is 7.48 Å². The van der Waals surface area contributed by atoms with Crippen molar-refractivity contribution in [3.05, 3.63) is 0 Å². The summed E-state index contributed by atoms with van der Waals surface area (Å²) in [5.41, 5.74) is 0. The van der Waals surface area contributed by atoms with Gasteiger partial charge in [-0.2, -0.15) is 0 Å². The summed E-state index contributed by atoms with van der Waals surface area (Å²) in [5, 5.41) is 0.